The molecule has 2 N–H and O–H groups in total. The molecule has 1 aromatic heterocycles. The summed E-state index contributed by atoms with van der Waals surface area (Å²) in [6.45, 7) is 8.39. The molecule has 23 heavy (non-hydrogen) atoms. The first kappa shape index (κ1) is 17.2. The molecule has 0 amide bonds. The zero-order chi connectivity index (χ0) is 17.0. The summed E-state index contributed by atoms with van der Waals surface area (Å²) in [6.07, 6.45) is 4.61. The maximum atomic E-state index is 9.89. The number of rotatable bonds is 7. The molecule has 0 bridgehead atoms. The van der Waals surface area contributed by atoms with Gasteiger partial charge in [-0.2, -0.15) is 5.10 Å². The van der Waals surface area contributed by atoms with E-state index < -0.39 is 5.60 Å². The molecule has 1 aromatic carbocycles. The Morgan fingerprint density at radius 2 is 2.09 bits per heavy atom. The van der Waals surface area contributed by atoms with Gasteiger partial charge in [0, 0.05) is 23.0 Å². The standard InChI is InChI=1S/C18H25N3O2/c1-5-8-23-17-9-14(6-7-16(17)13(2)19)15-10-20-21(11-15)12-18(3,4)22/h6-7,9-11,19,22H,5,8,12H2,1-4H3. The van der Waals surface area contributed by atoms with Gasteiger partial charge in [-0.05, 0) is 44.9 Å². The second-order valence-electron chi connectivity index (χ2n) is 6.42. The molecule has 2 rings (SSSR count). The van der Waals surface area contributed by atoms with Crippen molar-refractivity contribution >= 4 is 5.71 Å². The fourth-order valence-electron chi connectivity index (χ4n) is 2.34. The number of hydrogen-bond donors (Lipinski definition) is 2. The van der Waals surface area contributed by atoms with Crippen LogP contribution in [-0.4, -0.2) is 32.8 Å². The second kappa shape index (κ2) is 6.96. The summed E-state index contributed by atoms with van der Waals surface area (Å²) in [6, 6.07) is 5.84. The van der Waals surface area contributed by atoms with Crippen LogP contribution >= 0.6 is 0 Å². The van der Waals surface area contributed by atoms with Crippen molar-refractivity contribution in [1.82, 2.24) is 9.78 Å². The minimum Gasteiger partial charge on any atom is -0.493 e. The molecule has 0 unspecified atom stereocenters. The van der Waals surface area contributed by atoms with Crippen LogP contribution in [0.5, 0.6) is 5.75 Å². The highest BCUT2D eigenvalue weighted by Gasteiger charge is 2.15. The summed E-state index contributed by atoms with van der Waals surface area (Å²) in [5.74, 6) is 0.729. The Kier molecular flexibility index (Phi) is 5.21. The van der Waals surface area contributed by atoms with E-state index in [9.17, 15) is 5.11 Å². The summed E-state index contributed by atoms with van der Waals surface area (Å²) in [5.41, 5.74) is 2.44. The molecule has 0 saturated carbocycles. The zero-order valence-electron chi connectivity index (χ0n) is 14.3. The fraction of sp³-hybridized carbons (Fsp3) is 0.444. The van der Waals surface area contributed by atoms with Crippen molar-refractivity contribution in [3.05, 3.63) is 36.2 Å². The molecule has 1 heterocycles. The minimum atomic E-state index is -0.806. The summed E-state index contributed by atoms with van der Waals surface area (Å²) in [7, 11) is 0. The lowest BCUT2D eigenvalue weighted by atomic mass is 10.0. The molecule has 124 valence electrons. The number of nitrogens with zero attached hydrogens (tertiary/aromatic N) is 2. The van der Waals surface area contributed by atoms with Gasteiger partial charge in [0.2, 0.25) is 0 Å². The molecule has 2 aromatic rings. The predicted octanol–water partition coefficient (Wildman–Crippen LogP) is 3.50. The van der Waals surface area contributed by atoms with Gasteiger partial charge in [-0.1, -0.05) is 13.0 Å². The minimum absolute atomic E-state index is 0.434. The number of aliphatic hydroxyl groups is 1. The van der Waals surface area contributed by atoms with Gasteiger partial charge in [0.05, 0.1) is 24.9 Å². The van der Waals surface area contributed by atoms with E-state index >= 15 is 0 Å². The van der Waals surface area contributed by atoms with Crippen molar-refractivity contribution in [3.8, 4) is 16.9 Å². The first-order valence-electron chi connectivity index (χ1n) is 7.88. The van der Waals surface area contributed by atoms with E-state index in [1.807, 2.05) is 24.4 Å². The van der Waals surface area contributed by atoms with Crippen molar-refractivity contribution in [2.24, 2.45) is 0 Å². The Morgan fingerprint density at radius 1 is 1.35 bits per heavy atom. The number of benzene rings is 1. The van der Waals surface area contributed by atoms with E-state index in [-0.39, 0.29) is 0 Å². The number of ether oxygens (including phenoxy) is 1. The van der Waals surface area contributed by atoms with Crippen LogP contribution in [0.2, 0.25) is 0 Å². The van der Waals surface area contributed by atoms with Gasteiger partial charge in [-0.3, -0.25) is 4.68 Å². The van der Waals surface area contributed by atoms with Gasteiger partial charge >= 0.3 is 0 Å². The van der Waals surface area contributed by atoms with Crippen molar-refractivity contribution in [2.75, 3.05) is 6.61 Å². The first-order chi connectivity index (χ1) is 10.8. The number of aromatic nitrogens is 2. The van der Waals surface area contributed by atoms with Crippen molar-refractivity contribution in [3.63, 3.8) is 0 Å². The van der Waals surface area contributed by atoms with Gasteiger partial charge in [0.15, 0.2) is 0 Å². The largest absolute Gasteiger partial charge is 0.493 e. The van der Waals surface area contributed by atoms with E-state index in [2.05, 4.69) is 12.0 Å². The zero-order valence-corrected chi connectivity index (χ0v) is 14.3. The molecule has 0 aliphatic rings. The van der Waals surface area contributed by atoms with E-state index in [4.69, 9.17) is 10.1 Å². The lowest BCUT2D eigenvalue weighted by Gasteiger charge is -2.16. The SMILES string of the molecule is CCCOc1cc(-c2cnn(CC(C)(C)O)c2)ccc1C(C)=N. The normalized spacial score (nSPS) is 11.5. The summed E-state index contributed by atoms with van der Waals surface area (Å²) < 4.78 is 7.52. The molecule has 0 spiro atoms. The Morgan fingerprint density at radius 3 is 2.70 bits per heavy atom. The molecule has 0 aliphatic carbocycles. The molecule has 5 nitrogen and oxygen atoms in total. The van der Waals surface area contributed by atoms with Crippen molar-refractivity contribution < 1.29 is 9.84 Å². The Bertz CT molecular complexity index is 684. The van der Waals surface area contributed by atoms with E-state index in [1.165, 1.54) is 0 Å². The van der Waals surface area contributed by atoms with Crippen LogP contribution in [0.15, 0.2) is 30.6 Å². The average Bonchev–Trinajstić information content (AvgIpc) is 2.90. The average molecular weight is 315 g/mol. The van der Waals surface area contributed by atoms with Crippen molar-refractivity contribution in [2.45, 2.75) is 46.3 Å². The number of hydrogen-bond acceptors (Lipinski definition) is 4. The van der Waals surface area contributed by atoms with Crippen LogP contribution in [0, 0.1) is 5.41 Å². The Hall–Kier alpha value is -2.14. The highest BCUT2D eigenvalue weighted by molar-refractivity contribution is 5.99. The lowest BCUT2D eigenvalue weighted by molar-refractivity contribution is 0.0577. The third kappa shape index (κ3) is 4.66. The van der Waals surface area contributed by atoms with Crippen molar-refractivity contribution in [1.29, 1.82) is 5.41 Å². The van der Waals surface area contributed by atoms with Crippen LogP contribution < -0.4 is 4.74 Å². The Balaban J connectivity index is 2.31. The third-order valence-electron chi connectivity index (χ3n) is 3.36. The van der Waals surface area contributed by atoms with Gasteiger partial charge in [-0.25, -0.2) is 0 Å². The maximum Gasteiger partial charge on any atom is 0.128 e. The van der Waals surface area contributed by atoms with E-state index in [0.717, 1.165) is 28.9 Å². The van der Waals surface area contributed by atoms with Crippen LogP contribution in [0.25, 0.3) is 11.1 Å². The fourth-order valence-corrected chi connectivity index (χ4v) is 2.34. The van der Waals surface area contributed by atoms with Crippen LogP contribution in [0.3, 0.4) is 0 Å². The van der Waals surface area contributed by atoms with E-state index in [0.29, 0.717) is 18.9 Å². The lowest BCUT2D eigenvalue weighted by Crippen LogP contribution is -2.26. The summed E-state index contributed by atoms with van der Waals surface area (Å²) in [4.78, 5) is 0. The number of nitrogens with one attached hydrogen (secondary N) is 1. The molecule has 0 fully saturated rings. The molecule has 0 atom stereocenters. The highest BCUT2D eigenvalue weighted by Crippen LogP contribution is 2.28. The van der Waals surface area contributed by atoms with Crippen LogP contribution in [-0.2, 0) is 6.54 Å². The second-order valence-corrected chi connectivity index (χ2v) is 6.42. The molecule has 0 radical (unpaired) electrons. The van der Waals surface area contributed by atoms with Gasteiger partial charge in [0.25, 0.3) is 0 Å². The maximum absolute atomic E-state index is 9.89. The monoisotopic (exact) mass is 315 g/mol. The molecular formula is C18H25N3O2. The van der Waals surface area contributed by atoms with Crippen LogP contribution in [0.1, 0.15) is 39.7 Å². The van der Waals surface area contributed by atoms with E-state index in [1.54, 1.807) is 31.6 Å². The third-order valence-corrected chi connectivity index (χ3v) is 3.36. The predicted molar refractivity (Wildman–Crippen MR) is 92.2 cm³/mol. The summed E-state index contributed by atoms with van der Waals surface area (Å²) in [5, 5.41) is 22.1. The van der Waals surface area contributed by atoms with Gasteiger partial charge in [0.1, 0.15) is 5.75 Å². The topological polar surface area (TPSA) is 71.1 Å². The molecule has 5 heteroatoms. The molecular weight excluding hydrogens is 290 g/mol. The van der Waals surface area contributed by atoms with Gasteiger partial charge in [-0.15, -0.1) is 0 Å². The van der Waals surface area contributed by atoms with Crippen LogP contribution in [0.4, 0.5) is 0 Å². The Labute approximate surface area is 137 Å². The molecule has 0 saturated heterocycles. The first-order valence-corrected chi connectivity index (χ1v) is 7.88. The van der Waals surface area contributed by atoms with Gasteiger partial charge < -0.3 is 15.3 Å². The highest BCUT2D eigenvalue weighted by atomic mass is 16.5. The molecule has 0 aliphatic heterocycles. The smallest absolute Gasteiger partial charge is 0.128 e. The quantitative estimate of drug-likeness (QED) is 0.768. The summed E-state index contributed by atoms with van der Waals surface area (Å²) >= 11 is 0.